The number of hydrogen-bond donors (Lipinski definition) is 2. The van der Waals surface area contributed by atoms with E-state index in [1.54, 1.807) is 6.07 Å². The number of aromatic nitrogens is 1. The molecule has 1 heterocycles. The molecule has 0 saturated heterocycles. The van der Waals surface area contributed by atoms with E-state index in [0.29, 0.717) is 18.2 Å². The van der Waals surface area contributed by atoms with Crippen molar-refractivity contribution < 1.29 is 18.4 Å². The van der Waals surface area contributed by atoms with Crippen LogP contribution < -0.4 is 10.8 Å². The first-order valence-electron chi connectivity index (χ1n) is 8.06. The highest BCUT2D eigenvalue weighted by Crippen LogP contribution is 2.29. The van der Waals surface area contributed by atoms with Crippen molar-refractivity contribution in [2.45, 2.75) is 26.7 Å². The largest absolute Gasteiger partial charge is 0.351 e. The molecule has 132 valence electrons. The summed E-state index contributed by atoms with van der Waals surface area (Å²) in [6, 6.07) is 3.93. The number of amides is 1. The number of carbonyl (C=O) groups excluding carboxylic acids is 1. The first kappa shape index (κ1) is 17.3. The quantitative estimate of drug-likeness (QED) is 0.781. The average Bonchev–Trinajstić information content (AvgIpc) is 3.38. The third kappa shape index (κ3) is 4.11. The van der Waals surface area contributed by atoms with Gasteiger partial charge in [-0.25, -0.2) is 14.3 Å². The number of pyridine rings is 1. The van der Waals surface area contributed by atoms with E-state index in [-0.39, 0.29) is 11.3 Å². The number of nitrogens with one attached hydrogen (secondary N) is 2. The Bertz CT molecular complexity index is 807. The highest BCUT2D eigenvalue weighted by molar-refractivity contribution is 6.00. The lowest BCUT2D eigenvalue weighted by Gasteiger charge is -2.15. The van der Waals surface area contributed by atoms with Gasteiger partial charge >= 0.3 is 0 Å². The highest BCUT2D eigenvalue weighted by Gasteiger charge is 2.23. The van der Waals surface area contributed by atoms with Crippen LogP contribution in [0.3, 0.4) is 0 Å². The molecule has 1 aromatic carbocycles. The molecule has 0 atom stereocenters. The molecule has 0 radical (unpaired) electrons. The van der Waals surface area contributed by atoms with E-state index in [1.807, 2.05) is 13.8 Å². The lowest BCUT2D eigenvalue weighted by atomic mass is 10.1. The third-order valence-electron chi connectivity index (χ3n) is 4.03. The molecule has 1 saturated carbocycles. The molecule has 1 amide bonds. The Balaban J connectivity index is 1.85. The van der Waals surface area contributed by atoms with Crippen LogP contribution in [0, 0.1) is 31.4 Å². The molecular formula is C18H19F2N3O2. The van der Waals surface area contributed by atoms with Gasteiger partial charge in [-0.3, -0.25) is 14.6 Å². The van der Waals surface area contributed by atoms with Crippen LogP contribution in [-0.2, 0) is 4.84 Å². The van der Waals surface area contributed by atoms with Gasteiger partial charge in [0.15, 0.2) is 11.6 Å². The van der Waals surface area contributed by atoms with Crippen LogP contribution in [0.15, 0.2) is 24.4 Å². The fraction of sp³-hybridized carbons (Fsp3) is 0.333. The van der Waals surface area contributed by atoms with Gasteiger partial charge in [-0.15, -0.1) is 0 Å². The predicted octanol–water partition coefficient (Wildman–Crippen LogP) is 3.79. The molecule has 1 aliphatic carbocycles. The molecule has 0 unspecified atom stereocenters. The maximum absolute atomic E-state index is 14.3. The number of halogens is 2. The summed E-state index contributed by atoms with van der Waals surface area (Å²) in [6.45, 7) is 4.06. The topological polar surface area (TPSA) is 63.2 Å². The summed E-state index contributed by atoms with van der Waals surface area (Å²) in [7, 11) is 0. The van der Waals surface area contributed by atoms with E-state index >= 15 is 0 Å². The molecule has 1 aliphatic rings. The van der Waals surface area contributed by atoms with Crippen LogP contribution >= 0.6 is 0 Å². The molecule has 3 rings (SSSR count). The number of hydroxylamine groups is 1. The summed E-state index contributed by atoms with van der Waals surface area (Å²) >= 11 is 0. The smallest absolute Gasteiger partial charge is 0.277 e. The van der Waals surface area contributed by atoms with E-state index in [9.17, 15) is 13.6 Å². The number of rotatable bonds is 6. The number of nitrogens with zero attached hydrogens (tertiary/aromatic N) is 1. The van der Waals surface area contributed by atoms with Crippen molar-refractivity contribution in [3.05, 3.63) is 52.9 Å². The van der Waals surface area contributed by atoms with Gasteiger partial charge in [0.2, 0.25) is 0 Å². The summed E-state index contributed by atoms with van der Waals surface area (Å²) in [5.41, 5.74) is 4.08. The van der Waals surface area contributed by atoms with Crippen LogP contribution in [0.5, 0.6) is 0 Å². The Labute approximate surface area is 144 Å². The lowest BCUT2D eigenvalue weighted by Crippen LogP contribution is -2.26. The van der Waals surface area contributed by atoms with Gasteiger partial charge in [0, 0.05) is 5.69 Å². The summed E-state index contributed by atoms with van der Waals surface area (Å²) in [5.74, 6) is -2.35. The van der Waals surface area contributed by atoms with Gasteiger partial charge in [0.05, 0.1) is 29.7 Å². The van der Waals surface area contributed by atoms with Crippen molar-refractivity contribution in [3.63, 3.8) is 0 Å². The summed E-state index contributed by atoms with van der Waals surface area (Å²) in [4.78, 5) is 21.5. The number of benzene rings is 1. The van der Waals surface area contributed by atoms with Crippen molar-refractivity contribution in [2.75, 3.05) is 11.9 Å². The minimum Gasteiger partial charge on any atom is -0.351 e. The van der Waals surface area contributed by atoms with Gasteiger partial charge in [-0.05, 0) is 56.4 Å². The normalized spacial score (nSPS) is 13.6. The van der Waals surface area contributed by atoms with Crippen LogP contribution in [0.4, 0.5) is 20.2 Å². The number of carbonyl (C=O) groups is 1. The zero-order valence-corrected chi connectivity index (χ0v) is 14.0. The highest BCUT2D eigenvalue weighted by atomic mass is 19.2. The molecule has 2 N–H and O–H groups in total. The summed E-state index contributed by atoms with van der Waals surface area (Å²) in [5, 5.41) is 2.78. The number of anilines is 2. The van der Waals surface area contributed by atoms with Crippen LogP contribution in [0.2, 0.25) is 0 Å². The number of aryl methyl sites for hydroxylation is 2. The Morgan fingerprint density at radius 2 is 2.08 bits per heavy atom. The zero-order valence-electron chi connectivity index (χ0n) is 14.0. The second kappa shape index (κ2) is 7.14. The van der Waals surface area contributed by atoms with Crippen LogP contribution in [0.1, 0.15) is 34.5 Å². The molecule has 0 bridgehead atoms. The fourth-order valence-electron chi connectivity index (χ4n) is 2.39. The van der Waals surface area contributed by atoms with Crippen LogP contribution in [0.25, 0.3) is 0 Å². The van der Waals surface area contributed by atoms with E-state index in [1.165, 1.54) is 12.3 Å². The summed E-state index contributed by atoms with van der Waals surface area (Å²) in [6.07, 6.45) is 3.67. The molecule has 1 fully saturated rings. The Morgan fingerprint density at radius 3 is 2.76 bits per heavy atom. The van der Waals surface area contributed by atoms with Gasteiger partial charge in [0.25, 0.3) is 5.91 Å². The molecule has 2 aromatic rings. The van der Waals surface area contributed by atoms with Crippen molar-refractivity contribution >= 4 is 17.3 Å². The molecule has 25 heavy (non-hydrogen) atoms. The van der Waals surface area contributed by atoms with Crippen molar-refractivity contribution in [1.29, 1.82) is 0 Å². The van der Waals surface area contributed by atoms with E-state index in [0.717, 1.165) is 30.2 Å². The van der Waals surface area contributed by atoms with Gasteiger partial charge in [-0.1, -0.05) is 0 Å². The minimum atomic E-state index is -1.13. The molecule has 1 aromatic heterocycles. The lowest BCUT2D eigenvalue weighted by molar-refractivity contribution is 0.0270. The molecule has 0 spiro atoms. The summed E-state index contributed by atoms with van der Waals surface area (Å²) < 4.78 is 28.0. The first-order valence-corrected chi connectivity index (χ1v) is 8.06. The van der Waals surface area contributed by atoms with Gasteiger partial charge in [-0.2, -0.15) is 0 Å². The number of hydrogen-bond acceptors (Lipinski definition) is 4. The Morgan fingerprint density at radius 1 is 1.32 bits per heavy atom. The Kier molecular flexibility index (Phi) is 4.94. The Hall–Kier alpha value is -2.54. The maximum Gasteiger partial charge on any atom is 0.277 e. The zero-order chi connectivity index (χ0) is 18.0. The predicted molar refractivity (Wildman–Crippen MR) is 89.5 cm³/mol. The second-order valence-electron chi connectivity index (χ2n) is 6.24. The molecule has 0 aliphatic heterocycles. The van der Waals surface area contributed by atoms with Crippen LogP contribution in [-0.4, -0.2) is 17.5 Å². The second-order valence-corrected chi connectivity index (χ2v) is 6.24. The average molecular weight is 347 g/mol. The van der Waals surface area contributed by atoms with E-state index in [4.69, 9.17) is 4.84 Å². The standard InChI is InChI=1S/C18H19F2N3O2/c1-10-7-11(2)21-8-15(10)22-17-13(5-6-14(19)16(17)20)18(24)23-25-9-12-3-4-12/h5-8,12,22H,3-4,9H2,1-2H3,(H,23,24). The first-order chi connectivity index (χ1) is 12.0. The molecule has 7 heteroatoms. The fourth-order valence-corrected chi connectivity index (χ4v) is 2.39. The monoisotopic (exact) mass is 347 g/mol. The molecular weight excluding hydrogens is 328 g/mol. The van der Waals surface area contributed by atoms with Gasteiger partial charge in [0.1, 0.15) is 0 Å². The molecule has 5 nitrogen and oxygen atoms in total. The SMILES string of the molecule is Cc1cc(C)c(Nc2c(C(=O)NOCC3CC3)ccc(F)c2F)cn1. The maximum atomic E-state index is 14.3. The third-order valence-corrected chi connectivity index (χ3v) is 4.03. The van der Waals surface area contributed by atoms with Crippen molar-refractivity contribution in [1.82, 2.24) is 10.5 Å². The van der Waals surface area contributed by atoms with E-state index < -0.39 is 17.5 Å². The van der Waals surface area contributed by atoms with Crippen molar-refractivity contribution in [3.8, 4) is 0 Å². The van der Waals surface area contributed by atoms with Crippen molar-refractivity contribution in [2.24, 2.45) is 5.92 Å². The minimum absolute atomic E-state index is 0.0466. The van der Waals surface area contributed by atoms with E-state index in [2.05, 4.69) is 15.8 Å². The van der Waals surface area contributed by atoms with Gasteiger partial charge < -0.3 is 5.32 Å².